The van der Waals surface area contributed by atoms with Crippen molar-refractivity contribution in [3.63, 3.8) is 0 Å². The molecular formula is C13H15N3O. The predicted octanol–water partition coefficient (Wildman–Crippen LogP) is 2.92. The van der Waals surface area contributed by atoms with Crippen molar-refractivity contribution < 1.29 is 4.79 Å². The molecule has 0 atom stereocenters. The number of hydrogen-bond donors (Lipinski definition) is 1. The second-order valence-electron chi connectivity index (χ2n) is 3.85. The van der Waals surface area contributed by atoms with Gasteiger partial charge in [0.15, 0.2) is 0 Å². The second-order valence-corrected chi connectivity index (χ2v) is 3.85. The van der Waals surface area contributed by atoms with Crippen molar-refractivity contribution in [3.8, 4) is 0 Å². The molecule has 4 heteroatoms. The maximum atomic E-state index is 11.7. The molecule has 0 bridgehead atoms. The van der Waals surface area contributed by atoms with Gasteiger partial charge in [-0.15, -0.1) is 0 Å². The summed E-state index contributed by atoms with van der Waals surface area (Å²) < 4.78 is 1.40. The Kier molecular flexibility index (Phi) is 3.55. The number of aryl methyl sites for hydroxylation is 1. The Labute approximate surface area is 100 Å². The minimum Gasteiger partial charge on any atom is -0.307 e. The highest BCUT2D eigenvalue weighted by molar-refractivity contribution is 5.90. The Bertz CT molecular complexity index is 474. The van der Waals surface area contributed by atoms with Crippen LogP contribution < -0.4 is 5.32 Å². The van der Waals surface area contributed by atoms with Crippen LogP contribution in [0.1, 0.15) is 18.9 Å². The van der Waals surface area contributed by atoms with Gasteiger partial charge in [0.05, 0.1) is 0 Å². The molecule has 88 valence electrons. The molecule has 2 aromatic rings. The van der Waals surface area contributed by atoms with Gasteiger partial charge in [-0.25, -0.2) is 9.78 Å². The van der Waals surface area contributed by atoms with E-state index >= 15 is 0 Å². The van der Waals surface area contributed by atoms with E-state index in [1.165, 1.54) is 16.5 Å². The van der Waals surface area contributed by atoms with Crippen LogP contribution >= 0.6 is 0 Å². The monoisotopic (exact) mass is 229 g/mol. The quantitative estimate of drug-likeness (QED) is 0.879. The predicted molar refractivity (Wildman–Crippen MR) is 67.1 cm³/mol. The summed E-state index contributed by atoms with van der Waals surface area (Å²) in [5.74, 6) is 0. The summed E-state index contributed by atoms with van der Waals surface area (Å²) in [6.45, 7) is 2.15. The Balaban J connectivity index is 2.01. The Morgan fingerprint density at radius 1 is 1.35 bits per heavy atom. The third kappa shape index (κ3) is 2.93. The molecule has 0 fully saturated rings. The van der Waals surface area contributed by atoms with Crippen molar-refractivity contribution in [1.82, 2.24) is 9.55 Å². The molecule has 0 radical (unpaired) electrons. The number of rotatable bonds is 3. The van der Waals surface area contributed by atoms with Crippen molar-refractivity contribution in [2.24, 2.45) is 0 Å². The number of nitrogens with one attached hydrogen (secondary N) is 1. The lowest BCUT2D eigenvalue weighted by Gasteiger charge is -2.06. The van der Waals surface area contributed by atoms with Gasteiger partial charge in [-0.2, -0.15) is 0 Å². The van der Waals surface area contributed by atoms with Crippen LogP contribution in [0.5, 0.6) is 0 Å². The standard InChI is InChI=1S/C13H15N3O/c1-2-3-11-4-6-12(7-5-11)15-13(17)16-9-8-14-10-16/h4-10H,2-3H2,1H3,(H,15,17). The fourth-order valence-electron chi connectivity index (χ4n) is 1.61. The minimum absolute atomic E-state index is 0.203. The van der Waals surface area contributed by atoms with E-state index in [9.17, 15) is 4.79 Å². The van der Waals surface area contributed by atoms with E-state index in [4.69, 9.17) is 0 Å². The van der Waals surface area contributed by atoms with E-state index in [0.29, 0.717) is 0 Å². The van der Waals surface area contributed by atoms with Gasteiger partial charge in [0.1, 0.15) is 6.33 Å². The zero-order chi connectivity index (χ0) is 12.1. The van der Waals surface area contributed by atoms with Crippen LogP contribution in [-0.2, 0) is 6.42 Å². The van der Waals surface area contributed by atoms with Crippen LogP contribution in [0.3, 0.4) is 0 Å². The SMILES string of the molecule is CCCc1ccc(NC(=O)n2ccnc2)cc1. The highest BCUT2D eigenvalue weighted by Gasteiger charge is 2.03. The summed E-state index contributed by atoms with van der Waals surface area (Å²) in [5.41, 5.74) is 2.08. The van der Waals surface area contributed by atoms with Crippen molar-refractivity contribution in [2.45, 2.75) is 19.8 Å². The molecule has 1 amide bonds. The average molecular weight is 229 g/mol. The molecule has 17 heavy (non-hydrogen) atoms. The molecule has 0 aliphatic heterocycles. The largest absolute Gasteiger partial charge is 0.331 e. The van der Waals surface area contributed by atoms with Gasteiger partial charge >= 0.3 is 6.03 Å². The molecule has 1 aromatic heterocycles. The maximum Gasteiger partial charge on any atom is 0.331 e. The summed E-state index contributed by atoms with van der Waals surface area (Å²) in [4.78, 5) is 15.5. The topological polar surface area (TPSA) is 46.9 Å². The number of aromatic nitrogens is 2. The van der Waals surface area contributed by atoms with E-state index in [1.807, 2.05) is 24.3 Å². The summed E-state index contributed by atoms with van der Waals surface area (Å²) in [6.07, 6.45) is 6.85. The van der Waals surface area contributed by atoms with E-state index < -0.39 is 0 Å². The van der Waals surface area contributed by atoms with Crippen LogP contribution in [0.25, 0.3) is 0 Å². The number of hydrogen-bond acceptors (Lipinski definition) is 2. The van der Waals surface area contributed by atoms with Crippen LogP contribution in [0.4, 0.5) is 10.5 Å². The molecule has 0 aliphatic rings. The number of anilines is 1. The molecule has 1 N–H and O–H groups in total. The number of carbonyl (C=O) groups excluding carboxylic acids is 1. The summed E-state index contributed by atoms with van der Waals surface area (Å²) in [7, 11) is 0. The van der Waals surface area contributed by atoms with E-state index in [-0.39, 0.29) is 6.03 Å². The Morgan fingerprint density at radius 3 is 2.71 bits per heavy atom. The third-order valence-electron chi connectivity index (χ3n) is 2.48. The van der Waals surface area contributed by atoms with E-state index in [1.54, 1.807) is 12.4 Å². The first-order chi connectivity index (χ1) is 8.29. The van der Waals surface area contributed by atoms with Crippen molar-refractivity contribution >= 4 is 11.7 Å². The molecule has 0 saturated carbocycles. The lowest BCUT2D eigenvalue weighted by molar-refractivity contribution is 0.253. The second kappa shape index (κ2) is 5.30. The van der Waals surface area contributed by atoms with Gasteiger partial charge in [-0.05, 0) is 24.1 Å². The summed E-state index contributed by atoms with van der Waals surface area (Å²) >= 11 is 0. The van der Waals surface area contributed by atoms with Crippen molar-refractivity contribution in [3.05, 3.63) is 48.5 Å². The average Bonchev–Trinajstić information content (AvgIpc) is 2.86. The first-order valence-corrected chi connectivity index (χ1v) is 5.68. The number of nitrogens with zero attached hydrogens (tertiary/aromatic N) is 2. The lowest BCUT2D eigenvalue weighted by atomic mass is 10.1. The zero-order valence-electron chi connectivity index (χ0n) is 9.76. The number of benzene rings is 1. The summed E-state index contributed by atoms with van der Waals surface area (Å²) in [6, 6.07) is 7.70. The van der Waals surface area contributed by atoms with Gasteiger partial charge in [0.2, 0.25) is 0 Å². The van der Waals surface area contributed by atoms with Gasteiger partial charge in [0.25, 0.3) is 0 Å². The summed E-state index contributed by atoms with van der Waals surface area (Å²) in [5, 5.41) is 2.80. The van der Waals surface area contributed by atoms with Gasteiger partial charge in [0, 0.05) is 18.1 Å². The first kappa shape index (κ1) is 11.4. The molecule has 0 saturated heterocycles. The minimum atomic E-state index is -0.203. The number of amides is 1. The van der Waals surface area contributed by atoms with E-state index in [0.717, 1.165) is 18.5 Å². The Hall–Kier alpha value is -2.10. The molecule has 4 nitrogen and oxygen atoms in total. The van der Waals surface area contributed by atoms with Crippen molar-refractivity contribution in [1.29, 1.82) is 0 Å². The Morgan fingerprint density at radius 2 is 2.12 bits per heavy atom. The maximum absolute atomic E-state index is 11.7. The van der Waals surface area contributed by atoms with Crippen LogP contribution in [0.15, 0.2) is 43.0 Å². The first-order valence-electron chi connectivity index (χ1n) is 5.68. The van der Waals surface area contributed by atoms with Crippen LogP contribution in [0, 0.1) is 0 Å². The van der Waals surface area contributed by atoms with Gasteiger partial charge < -0.3 is 5.32 Å². The molecule has 2 rings (SSSR count). The third-order valence-corrected chi connectivity index (χ3v) is 2.48. The molecule has 0 spiro atoms. The van der Waals surface area contributed by atoms with Crippen LogP contribution in [-0.4, -0.2) is 15.6 Å². The molecule has 0 unspecified atom stereocenters. The number of imidazole rings is 1. The highest BCUT2D eigenvalue weighted by Crippen LogP contribution is 2.11. The van der Waals surface area contributed by atoms with Gasteiger partial charge in [-0.1, -0.05) is 25.5 Å². The number of carbonyl (C=O) groups is 1. The molecule has 1 heterocycles. The molecular weight excluding hydrogens is 214 g/mol. The normalized spacial score (nSPS) is 10.2. The highest BCUT2D eigenvalue weighted by atomic mass is 16.2. The fraction of sp³-hybridized carbons (Fsp3) is 0.231. The molecule has 1 aromatic carbocycles. The zero-order valence-corrected chi connectivity index (χ0v) is 9.76. The lowest BCUT2D eigenvalue weighted by Crippen LogP contribution is -2.17. The van der Waals surface area contributed by atoms with Gasteiger partial charge in [-0.3, -0.25) is 4.57 Å². The smallest absolute Gasteiger partial charge is 0.307 e. The fourth-order valence-corrected chi connectivity index (χ4v) is 1.61. The van der Waals surface area contributed by atoms with Crippen molar-refractivity contribution in [2.75, 3.05) is 5.32 Å². The molecule has 0 aliphatic carbocycles. The van der Waals surface area contributed by atoms with Crippen LogP contribution in [0.2, 0.25) is 0 Å². The van der Waals surface area contributed by atoms with E-state index in [2.05, 4.69) is 17.2 Å².